The first-order valence-corrected chi connectivity index (χ1v) is 6.89. The molecular formula is C15H17F2NO3. The van der Waals surface area contributed by atoms with Crippen LogP contribution >= 0.6 is 0 Å². The van der Waals surface area contributed by atoms with Crippen molar-refractivity contribution in [3.63, 3.8) is 0 Å². The van der Waals surface area contributed by atoms with Gasteiger partial charge >= 0.3 is 5.97 Å². The number of benzene rings is 1. The normalized spacial score (nSPS) is 17.5. The highest BCUT2D eigenvalue weighted by Crippen LogP contribution is 2.29. The number of nitrogens with one attached hydrogen (secondary N) is 1. The van der Waals surface area contributed by atoms with Crippen LogP contribution in [0.1, 0.15) is 54.5 Å². The van der Waals surface area contributed by atoms with Crippen molar-refractivity contribution >= 4 is 11.9 Å². The number of hydrogen-bond acceptors (Lipinski definition) is 2. The van der Waals surface area contributed by atoms with E-state index < -0.39 is 23.8 Å². The first-order valence-electron chi connectivity index (χ1n) is 6.89. The SMILES string of the molecule is O=C(NC1(C(=O)O)CCCCC1)c1cccc(C(F)F)c1. The molecule has 0 heterocycles. The first kappa shape index (κ1) is 15.4. The molecule has 0 unspecified atom stereocenters. The molecule has 0 radical (unpaired) electrons. The lowest BCUT2D eigenvalue weighted by Gasteiger charge is -2.34. The van der Waals surface area contributed by atoms with Crippen molar-refractivity contribution in [2.45, 2.75) is 44.1 Å². The number of carboxylic acid groups (broad SMARTS) is 1. The van der Waals surface area contributed by atoms with Gasteiger partial charge in [-0.3, -0.25) is 4.79 Å². The number of halogens is 2. The molecule has 1 saturated carbocycles. The fourth-order valence-electron chi connectivity index (χ4n) is 2.65. The second kappa shape index (κ2) is 6.20. The molecule has 1 amide bonds. The highest BCUT2D eigenvalue weighted by atomic mass is 19.3. The Morgan fingerprint density at radius 1 is 1.19 bits per heavy atom. The molecular weight excluding hydrogens is 280 g/mol. The van der Waals surface area contributed by atoms with E-state index in [4.69, 9.17) is 0 Å². The maximum atomic E-state index is 12.6. The Kier molecular flexibility index (Phi) is 4.55. The summed E-state index contributed by atoms with van der Waals surface area (Å²) in [4.78, 5) is 23.7. The predicted molar refractivity (Wildman–Crippen MR) is 72.3 cm³/mol. The van der Waals surface area contributed by atoms with Gasteiger partial charge in [-0.2, -0.15) is 0 Å². The zero-order valence-electron chi connectivity index (χ0n) is 11.4. The van der Waals surface area contributed by atoms with Crippen molar-refractivity contribution < 1.29 is 23.5 Å². The van der Waals surface area contributed by atoms with Crippen molar-refractivity contribution in [1.82, 2.24) is 5.32 Å². The van der Waals surface area contributed by atoms with Crippen molar-refractivity contribution in [1.29, 1.82) is 0 Å². The number of carbonyl (C=O) groups is 2. The summed E-state index contributed by atoms with van der Waals surface area (Å²) in [7, 11) is 0. The van der Waals surface area contributed by atoms with Crippen molar-refractivity contribution in [3.8, 4) is 0 Å². The highest BCUT2D eigenvalue weighted by molar-refractivity contribution is 5.98. The Balaban J connectivity index is 2.19. The number of rotatable bonds is 4. The van der Waals surface area contributed by atoms with Crippen LogP contribution in [0.5, 0.6) is 0 Å². The fraction of sp³-hybridized carbons (Fsp3) is 0.467. The molecule has 0 bridgehead atoms. The third-order valence-electron chi connectivity index (χ3n) is 3.87. The second-order valence-corrected chi connectivity index (χ2v) is 5.33. The molecule has 2 rings (SSSR count). The standard InChI is InChI=1S/C15H17F2NO3/c16-12(17)10-5-4-6-11(9-10)13(19)18-15(14(20)21)7-2-1-3-8-15/h4-6,9,12H,1-3,7-8H2,(H,18,19)(H,20,21). The van der Waals surface area contributed by atoms with E-state index in [2.05, 4.69) is 5.32 Å². The van der Waals surface area contributed by atoms with E-state index in [0.29, 0.717) is 12.8 Å². The van der Waals surface area contributed by atoms with Gasteiger partial charge in [-0.15, -0.1) is 0 Å². The van der Waals surface area contributed by atoms with Crippen LogP contribution in [0.3, 0.4) is 0 Å². The van der Waals surface area contributed by atoms with Crippen LogP contribution in [-0.4, -0.2) is 22.5 Å². The van der Waals surface area contributed by atoms with Gasteiger partial charge in [-0.1, -0.05) is 31.4 Å². The third kappa shape index (κ3) is 3.37. The molecule has 1 aromatic carbocycles. The van der Waals surface area contributed by atoms with Gasteiger partial charge in [-0.25, -0.2) is 13.6 Å². The van der Waals surface area contributed by atoms with Gasteiger partial charge in [0.15, 0.2) is 0 Å². The van der Waals surface area contributed by atoms with Crippen LogP contribution in [0.15, 0.2) is 24.3 Å². The maximum Gasteiger partial charge on any atom is 0.329 e. The van der Waals surface area contributed by atoms with Crippen LogP contribution in [0, 0.1) is 0 Å². The Morgan fingerprint density at radius 2 is 1.86 bits per heavy atom. The first-order chi connectivity index (χ1) is 9.94. The van der Waals surface area contributed by atoms with Gasteiger partial charge in [0.1, 0.15) is 5.54 Å². The number of hydrogen-bond donors (Lipinski definition) is 2. The Hall–Kier alpha value is -1.98. The lowest BCUT2D eigenvalue weighted by atomic mass is 9.81. The molecule has 0 spiro atoms. The van der Waals surface area contributed by atoms with Crippen molar-refractivity contribution in [2.75, 3.05) is 0 Å². The van der Waals surface area contributed by atoms with Gasteiger partial charge in [0.25, 0.3) is 12.3 Å². The van der Waals surface area contributed by atoms with E-state index in [1.165, 1.54) is 18.2 Å². The summed E-state index contributed by atoms with van der Waals surface area (Å²) in [6, 6.07) is 5.09. The fourth-order valence-corrected chi connectivity index (χ4v) is 2.65. The smallest absolute Gasteiger partial charge is 0.329 e. The summed E-state index contributed by atoms with van der Waals surface area (Å²) in [5.74, 6) is -1.69. The lowest BCUT2D eigenvalue weighted by molar-refractivity contribution is -0.145. The number of carboxylic acids is 1. The number of alkyl halides is 2. The van der Waals surface area contributed by atoms with E-state index in [1.807, 2.05) is 0 Å². The molecule has 2 N–H and O–H groups in total. The summed E-state index contributed by atoms with van der Waals surface area (Å²) >= 11 is 0. The molecule has 0 atom stereocenters. The summed E-state index contributed by atoms with van der Waals surface area (Å²) in [5, 5.41) is 11.9. The number of amides is 1. The molecule has 4 nitrogen and oxygen atoms in total. The van der Waals surface area contributed by atoms with E-state index in [1.54, 1.807) is 0 Å². The lowest BCUT2D eigenvalue weighted by Crippen LogP contribution is -2.55. The molecule has 1 aliphatic carbocycles. The summed E-state index contributed by atoms with van der Waals surface area (Å²) in [5.41, 5.74) is -1.48. The second-order valence-electron chi connectivity index (χ2n) is 5.33. The van der Waals surface area contributed by atoms with Crippen molar-refractivity contribution in [3.05, 3.63) is 35.4 Å². The average molecular weight is 297 g/mol. The Bertz CT molecular complexity index is 539. The quantitative estimate of drug-likeness (QED) is 0.897. The molecule has 0 aliphatic heterocycles. The van der Waals surface area contributed by atoms with E-state index in [-0.39, 0.29) is 11.1 Å². The maximum absolute atomic E-state index is 12.6. The minimum absolute atomic E-state index is 0.0546. The average Bonchev–Trinajstić information content (AvgIpc) is 2.48. The molecule has 0 aromatic heterocycles. The number of aliphatic carboxylic acids is 1. The van der Waals surface area contributed by atoms with Gasteiger partial charge in [-0.05, 0) is 25.0 Å². The highest BCUT2D eigenvalue weighted by Gasteiger charge is 2.41. The molecule has 1 aromatic rings. The number of carbonyl (C=O) groups excluding carboxylic acids is 1. The van der Waals surface area contributed by atoms with Crippen LogP contribution in [-0.2, 0) is 4.79 Å². The predicted octanol–water partition coefficient (Wildman–Crippen LogP) is 3.14. The van der Waals surface area contributed by atoms with Gasteiger partial charge in [0, 0.05) is 11.1 Å². The molecule has 1 fully saturated rings. The molecule has 114 valence electrons. The molecule has 1 aliphatic rings. The summed E-state index contributed by atoms with van der Waals surface area (Å²) in [6.45, 7) is 0. The zero-order chi connectivity index (χ0) is 15.5. The Morgan fingerprint density at radius 3 is 2.43 bits per heavy atom. The van der Waals surface area contributed by atoms with E-state index in [0.717, 1.165) is 25.3 Å². The summed E-state index contributed by atoms with van der Waals surface area (Å²) in [6.07, 6.45) is 0.450. The minimum atomic E-state index is -2.67. The zero-order valence-corrected chi connectivity index (χ0v) is 11.4. The van der Waals surface area contributed by atoms with Crippen LogP contribution in [0.2, 0.25) is 0 Å². The van der Waals surface area contributed by atoms with Crippen molar-refractivity contribution in [2.24, 2.45) is 0 Å². The van der Waals surface area contributed by atoms with Crippen LogP contribution in [0.25, 0.3) is 0 Å². The molecule has 6 heteroatoms. The van der Waals surface area contributed by atoms with Gasteiger partial charge in [0.2, 0.25) is 0 Å². The summed E-state index contributed by atoms with van der Waals surface area (Å²) < 4.78 is 25.3. The van der Waals surface area contributed by atoms with Crippen LogP contribution < -0.4 is 5.32 Å². The third-order valence-corrected chi connectivity index (χ3v) is 3.87. The van der Waals surface area contributed by atoms with E-state index in [9.17, 15) is 23.5 Å². The largest absolute Gasteiger partial charge is 0.480 e. The van der Waals surface area contributed by atoms with Gasteiger partial charge in [0.05, 0.1) is 0 Å². The topological polar surface area (TPSA) is 66.4 Å². The molecule has 21 heavy (non-hydrogen) atoms. The molecule has 0 saturated heterocycles. The van der Waals surface area contributed by atoms with E-state index >= 15 is 0 Å². The Labute approximate surface area is 121 Å². The van der Waals surface area contributed by atoms with Gasteiger partial charge < -0.3 is 10.4 Å². The monoisotopic (exact) mass is 297 g/mol. The minimum Gasteiger partial charge on any atom is -0.480 e. The van der Waals surface area contributed by atoms with Crippen LogP contribution in [0.4, 0.5) is 8.78 Å².